The molecule has 0 amide bonds. The van der Waals surface area contributed by atoms with Crippen LogP contribution in [0.4, 0.5) is 0 Å². The molecule has 0 heterocycles. The highest BCUT2D eigenvalue weighted by atomic mass is 31.0. The summed E-state index contributed by atoms with van der Waals surface area (Å²) in [5.74, 6) is -0.0944. The van der Waals surface area contributed by atoms with E-state index in [1.807, 2.05) is 0 Å². The Hall–Kier alpha value is 0.270. The van der Waals surface area contributed by atoms with Crippen LogP contribution in [0.15, 0.2) is 0 Å². The quantitative estimate of drug-likeness (QED) is 0.402. The van der Waals surface area contributed by atoms with Crippen LogP contribution in [0, 0.1) is 0 Å². The minimum absolute atomic E-state index is 0.0944. The molecule has 0 aliphatic heterocycles. The Balaban J connectivity index is 5.93. The highest BCUT2D eigenvalue weighted by Gasteiger charge is 2.48. The second kappa shape index (κ2) is 10.9. The third-order valence-electron chi connectivity index (χ3n) is 5.11. The van der Waals surface area contributed by atoms with E-state index in [4.69, 9.17) is 0 Å². The van der Waals surface area contributed by atoms with Crippen LogP contribution in [-0.4, -0.2) is 78.5 Å². The molecule has 0 spiro atoms. The molecule has 0 aliphatic rings. The molecule has 0 N–H and O–H groups in total. The Morgan fingerprint density at radius 2 is 1.36 bits per heavy atom. The van der Waals surface area contributed by atoms with Gasteiger partial charge in [0.25, 0.3) is 0 Å². The van der Waals surface area contributed by atoms with E-state index in [0.717, 1.165) is 32.6 Å². The zero-order valence-electron chi connectivity index (χ0n) is 16.4. The highest BCUT2D eigenvalue weighted by molar-refractivity contribution is 7.13. The zero-order chi connectivity index (χ0) is 17.3. The monoisotopic (exact) mass is 332 g/mol. The summed E-state index contributed by atoms with van der Waals surface area (Å²) >= 11 is 0. The maximum absolute atomic E-state index is 3.04. The van der Waals surface area contributed by atoms with Crippen molar-refractivity contribution in [3.63, 3.8) is 0 Å². The Kier molecular flexibility index (Phi) is 11.1. The van der Waals surface area contributed by atoms with Gasteiger partial charge in [-0.05, 0) is 53.6 Å². The van der Waals surface area contributed by atoms with Crippen molar-refractivity contribution in [1.82, 2.24) is 19.4 Å². The summed E-state index contributed by atoms with van der Waals surface area (Å²) in [6, 6.07) is 0.460. The third-order valence-corrected chi connectivity index (χ3v) is 5.75. The van der Waals surface area contributed by atoms with Gasteiger partial charge in [0.1, 0.15) is 5.79 Å². The first-order valence-electron chi connectivity index (χ1n) is 9.03. The van der Waals surface area contributed by atoms with Crippen LogP contribution in [0.25, 0.3) is 0 Å². The van der Waals surface area contributed by atoms with Gasteiger partial charge in [0.05, 0.1) is 6.04 Å². The molecule has 4 nitrogen and oxygen atoms in total. The van der Waals surface area contributed by atoms with Crippen LogP contribution >= 0.6 is 9.39 Å². The highest BCUT2D eigenvalue weighted by Crippen LogP contribution is 2.34. The lowest BCUT2D eigenvalue weighted by atomic mass is 10.00. The van der Waals surface area contributed by atoms with Crippen LogP contribution < -0.4 is 0 Å². The van der Waals surface area contributed by atoms with Gasteiger partial charge in [0.2, 0.25) is 0 Å². The Labute approximate surface area is 142 Å². The van der Waals surface area contributed by atoms with Crippen molar-refractivity contribution in [3.8, 4) is 0 Å². The molecule has 2 unspecified atom stereocenters. The molecule has 0 aromatic carbocycles. The van der Waals surface area contributed by atoms with Crippen LogP contribution in [0.3, 0.4) is 0 Å². The maximum Gasteiger partial charge on any atom is 0.149 e. The number of rotatable bonds is 12. The molecule has 5 heteroatoms. The average molecular weight is 333 g/mol. The molecule has 0 saturated carbocycles. The zero-order valence-corrected chi connectivity index (χ0v) is 17.5. The summed E-state index contributed by atoms with van der Waals surface area (Å²) in [6.45, 7) is 15.6. The van der Waals surface area contributed by atoms with E-state index in [1.165, 1.54) is 12.8 Å². The van der Waals surface area contributed by atoms with Crippen molar-refractivity contribution in [3.05, 3.63) is 0 Å². The molecule has 0 aromatic heterocycles. The second-order valence-corrected chi connectivity index (χ2v) is 6.88. The van der Waals surface area contributed by atoms with Crippen molar-refractivity contribution in [2.24, 2.45) is 0 Å². The molecule has 0 fully saturated rings. The van der Waals surface area contributed by atoms with Crippen LogP contribution in [0.1, 0.15) is 53.9 Å². The molecular formula is C17H41N4P. The lowest BCUT2D eigenvalue weighted by Crippen LogP contribution is -2.74. The maximum atomic E-state index is 3.04. The normalized spacial score (nSPS) is 14.6. The van der Waals surface area contributed by atoms with Gasteiger partial charge in [0.15, 0.2) is 0 Å². The fourth-order valence-electron chi connectivity index (χ4n) is 3.49. The van der Waals surface area contributed by atoms with Gasteiger partial charge >= 0.3 is 0 Å². The van der Waals surface area contributed by atoms with Crippen molar-refractivity contribution in [2.75, 3.05) is 47.3 Å². The van der Waals surface area contributed by atoms with E-state index in [1.54, 1.807) is 0 Å². The van der Waals surface area contributed by atoms with Crippen molar-refractivity contribution in [1.29, 1.82) is 0 Å². The van der Waals surface area contributed by atoms with E-state index >= 15 is 0 Å². The summed E-state index contributed by atoms with van der Waals surface area (Å²) < 4.78 is 2.50. The predicted molar refractivity (Wildman–Crippen MR) is 103 cm³/mol. The summed E-state index contributed by atoms with van der Waals surface area (Å²) in [7, 11) is 9.82. The van der Waals surface area contributed by atoms with Gasteiger partial charge in [-0.1, -0.05) is 50.4 Å². The Morgan fingerprint density at radius 3 is 1.68 bits per heavy atom. The first-order valence-corrected chi connectivity index (χ1v) is 9.54. The van der Waals surface area contributed by atoms with Gasteiger partial charge in [-0.25, -0.2) is 0 Å². The molecule has 134 valence electrons. The summed E-state index contributed by atoms with van der Waals surface area (Å²) in [5.41, 5.74) is 0. The van der Waals surface area contributed by atoms with E-state index in [9.17, 15) is 0 Å². The van der Waals surface area contributed by atoms with Crippen LogP contribution in [-0.2, 0) is 0 Å². The number of likely N-dealkylation sites (N-methyl/N-ethyl adjacent to an activating group) is 3. The Bertz CT molecular complexity index is 278. The van der Waals surface area contributed by atoms with Gasteiger partial charge in [-0.2, -0.15) is 0 Å². The van der Waals surface area contributed by atoms with E-state index in [-0.39, 0.29) is 5.79 Å². The number of unbranched alkanes of at least 4 members (excludes halogenated alkanes) is 1. The fourth-order valence-corrected chi connectivity index (χ4v) is 4.24. The van der Waals surface area contributed by atoms with E-state index in [2.05, 4.69) is 84.5 Å². The van der Waals surface area contributed by atoms with E-state index < -0.39 is 0 Å². The minimum Gasteiger partial charge on any atom is -0.299 e. The van der Waals surface area contributed by atoms with Crippen molar-refractivity contribution >= 4 is 9.39 Å². The molecule has 0 aromatic rings. The standard InChI is InChI=1S/C17H41N4P/c1-9-14-15-21(22)17(19(7)12-4,20(8)13-5)16(10-2)18(6)11-3/h16H,9-15,22H2,1-8H3. The largest absolute Gasteiger partial charge is 0.299 e. The molecule has 0 bridgehead atoms. The second-order valence-electron chi connectivity index (χ2n) is 6.26. The third kappa shape index (κ3) is 4.64. The van der Waals surface area contributed by atoms with Crippen LogP contribution in [0.2, 0.25) is 0 Å². The molecule has 0 rings (SSSR count). The molecule has 0 radical (unpaired) electrons. The molecule has 0 saturated heterocycles. The molecule has 0 aliphatic carbocycles. The van der Waals surface area contributed by atoms with Crippen molar-refractivity contribution in [2.45, 2.75) is 65.7 Å². The fraction of sp³-hybridized carbons (Fsp3) is 1.00. The van der Waals surface area contributed by atoms with Crippen LogP contribution in [0.5, 0.6) is 0 Å². The lowest BCUT2D eigenvalue weighted by molar-refractivity contribution is -0.155. The average Bonchev–Trinajstić information content (AvgIpc) is 2.55. The summed E-state index contributed by atoms with van der Waals surface area (Å²) in [4.78, 5) is 7.53. The Morgan fingerprint density at radius 1 is 0.864 bits per heavy atom. The predicted octanol–water partition coefficient (Wildman–Crippen LogP) is 3.17. The topological polar surface area (TPSA) is 13.0 Å². The molecular weight excluding hydrogens is 291 g/mol. The number of nitrogens with zero attached hydrogens (tertiary/aromatic N) is 4. The SMILES string of the molecule is CCCCN(P)C(C(CC)N(C)CC)(N(C)CC)N(C)CC. The van der Waals surface area contributed by atoms with E-state index in [0.29, 0.717) is 6.04 Å². The van der Waals surface area contributed by atoms with Gasteiger partial charge in [-0.3, -0.25) is 19.4 Å². The molecule has 22 heavy (non-hydrogen) atoms. The number of hydrogen-bond donors (Lipinski definition) is 0. The first-order chi connectivity index (χ1) is 10.4. The van der Waals surface area contributed by atoms with Gasteiger partial charge in [0, 0.05) is 6.54 Å². The smallest absolute Gasteiger partial charge is 0.149 e. The van der Waals surface area contributed by atoms with Gasteiger partial charge in [-0.15, -0.1) is 0 Å². The molecule has 2 atom stereocenters. The first kappa shape index (κ1) is 22.3. The summed E-state index contributed by atoms with van der Waals surface area (Å²) in [5, 5.41) is 0. The van der Waals surface area contributed by atoms with Crippen molar-refractivity contribution < 1.29 is 0 Å². The number of hydrogen-bond acceptors (Lipinski definition) is 4. The summed E-state index contributed by atoms with van der Waals surface area (Å²) in [6.07, 6.45) is 3.59. The minimum atomic E-state index is -0.0944. The lowest BCUT2D eigenvalue weighted by Gasteiger charge is -2.58. The van der Waals surface area contributed by atoms with Gasteiger partial charge < -0.3 is 0 Å².